The monoisotopic (exact) mass is 420 g/mol. The first-order valence-corrected chi connectivity index (χ1v) is 6.58. The van der Waals surface area contributed by atoms with Gasteiger partial charge in [-0.1, -0.05) is 23.7 Å². The molecule has 21 heavy (non-hydrogen) atoms. The zero-order chi connectivity index (χ0) is 14.4. The van der Waals surface area contributed by atoms with Gasteiger partial charge in [-0.15, -0.1) is 34.2 Å². The largest absolute Gasteiger partial charge is 0.352 e. The van der Waals surface area contributed by atoms with Gasteiger partial charge in [0.15, 0.2) is 11.8 Å². The number of aromatic nitrogens is 3. The smallest absolute Gasteiger partial charge is 0.191 e. The summed E-state index contributed by atoms with van der Waals surface area (Å²) in [7, 11) is 3.63. The molecule has 0 unspecified atom stereocenters. The van der Waals surface area contributed by atoms with Crippen LogP contribution in [0.25, 0.3) is 0 Å². The van der Waals surface area contributed by atoms with Crippen molar-refractivity contribution >= 4 is 41.5 Å². The van der Waals surface area contributed by atoms with Crippen LogP contribution < -0.4 is 10.6 Å². The maximum atomic E-state index is 5.85. The van der Waals surface area contributed by atoms with Crippen molar-refractivity contribution in [2.45, 2.75) is 13.1 Å². The summed E-state index contributed by atoms with van der Waals surface area (Å²) < 4.78 is 1.86. The molecular formula is C13H18ClIN6. The Morgan fingerprint density at radius 2 is 1.90 bits per heavy atom. The van der Waals surface area contributed by atoms with E-state index in [9.17, 15) is 0 Å². The lowest BCUT2D eigenvalue weighted by Gasteiger charge is -2.11. The van der Waals surface area contributed by atoms with Crippen LogP contribution in [0.4, 0.5) is 0 Å². The van der Waals surface area contributed by atoms with Gasteiger partial charge in [-0.2, -0.15) is 0 Å². The second-order valence-corrected chi connectivity index (χ2v) is 4.70. The Bertz CT molecular complexity index is 581. The molecule has 0 saturated carbocycles. The number of hydrogen-bond donors (Lipinski definition) is 2. The van der Waals surface area contributed by atoms with Crippen LogP contribution >= 0.6 is 35.6 Å². The highest BCUT2D eigenvalue weighted by atomic mass is 127. The van der Waals surface area contributed by atoms with Crippen molar-refractivity contribution in [3.8, 4) is 0 Å². The normalized spacial score (nSPS) is 10.9. The van der Waals surface area contributed by atoms with Crippen molar-refractivity contribution in [2.75, 3.05) is 7.05 Å². The van der Waals surface area contributed by atoms with E-state index in [1.54, 1.807) is 13.4 Å². The quantitative estimate of drug-likeness (QED) is 0.451. The third-order valence-electron chi connectivity index (χ3n) is 2.82. The van der Waals surface area contributed by atoms with Crippen LogP contribution in [0.15, 0.2) is 35.6 Å². The highest BCUT2D eigenvalue weighted by molar-refractivity contribution is 14.0. The number of benzene rings is 1. The summed E-state index contributed by atoms with van der Waals surface area (Å²) in [5.74, 6) is 1.56. The standard InChI is InChI=1S/C13H17ClN6.HI/c1-15-13(17-8-12-19-18-9-20(12)2)16-7-10-3-5-11(14)6-4-10;/h3-6,9H,7-8H2,1-2H3,(H2,15,16,17);1H. The molecular weight excluding hydrogens is 403 g/mol. The minimum atomic E-state index is 0. The zero-order valence-electron chi connectivity index (χ0n) is 11.9. The fourth-order valence-corrected chi connectivity index (χ4v) is 1.76. The van der Waals surface area contributed by atoms with Crippen molar-refractivity contribution < 1.29 is 0 Å². The van der Waals surface area contributed by atoms with Gasteiger partial charge >= 0.3 is 0 Å². The van der Waals surface area contributed by atoms with Crippen molar-refractivity contribution in [2.24, 2.45) is 12.0 Å². The minimum absolute atomic E-state index is 0. The zero-order valence-corrected chi connectivity index (χ0v) is 15.0. The van der Waals surface area contributed by atoms with Crippen LogP contribution in [0, 0.1) is 0 Å². The molecule has 0 aliphatic rings. The molecule has 0 amide bonds. The van der Waals surface area contributed by atoms with E-state index in [2.05, 4.69) is 25.8 Å². The van der Waals surface area contributed by atoms with E-state index in [0.29, 0.717) is 19.0 Å². The molecule has 0 aliphatic carbocycles. The summed E-state index contributed by atoms with van der Waals surface area (Å²) in [6.07, 6.45) is 1.67. The van der Waals surface area contributed by atoms with E-state index >= 15 is 0 Å². The summed E-state index contributed by atoms with van der Waals surface area (Å²) in [5, 5.41) is 15.0. The van der Waals surface area contributed by atoms with E-state index < -0.39 is 0 Å². The van der Waals surface area contributed by atoms with E-state index in [1.807, 2.05) is 35.9 Å². The van der Waals surface area contributed by atoms with Crippen LogP contribution in [-0.4, -0.2) is 27.8 Å². The lowest BCUT2D eigenvalue weighted by atomic mass is 10.2. The van der Waals surface area contributed by atoms with Gasteiger partial charge in [-0.3, -0.25) is 4.99 Å². The molecule has 1 heterocycles. The Morgan fingerprint density at radius 1 is 1.24 bits per heavy atom. The van der Waals surface area contributed by atoms with Crippen LogP contribution in [0.3, 0.4) is 0 Å². The van der Waals surface area contributed by atoms with Crippen molar-refractivity contribution in [3.05, 3.63) is 47.0 Å². The molecule has 0 saturated heterocycles. The average Bonchev–Trinajstić information content (AvgIpc) is 2.86. The molecule has 0 radical (unpaired) electrons. The third kappa shape index (κ3) is 5.50. The first-order valence-electron chi connectivity index (χ1n) is 6.21. The maximum Gasteiger partial charge on any atom is 0.191 e. The van der Waals surface area contributed by atoms with Gasteiger partial charge in [-0.05, 0) is 17.7 Å². The number of aryl methyl sites for hydroxylation is 1. The minimum Gasteiger partial charge on any atom is -0.352 e. The van der Waals surface area contributed by atoms with Crippen molar-refractivity contribution in [1.82, 2.24) is 25.4 Å². The van der Waals surface area contributed by atoms with Crippen molar-refractivity contribution in [3.63, 3.8) is 0 Å². The van der Waals surface area contributed by atoms with Gasteiger partial charge in [0, 0.05) is 25.7 Å². The van der Waals surface area contributed by atoms with Crippen molar-refractivity contribution in [1.29, 1.82) is 0 Å². The molecule has 0 spiro atoms. The number of aliphatic imine (C=N–C) groups is 1. The predicted octanol–water partition coefficient (Wildman–Crippen LogP) is 1.95. The molecule has 1 aromatic carbocycles. The Labute approximate surface area is 146 Å². The Kier molecular flexibility index (Phi) is 7.44. The number of nitrogens with zero attached hydrogens (tertiary/aromatic N) is 4. The van der Waals surface area contributed by atoms with Gasteiger partial charge in [0.2, 0.25) is 0 Å². The van der Waals surface area contributed by atoms with Crippen LogP contribution in [-0.2, 0) is 20.1 Å². The fourth-order valence-electron chi connectivity index (χ4n) is 1.64. The SMILES string of the molecule is CN=C(NCc1ccc(Cl)cc1)NCc1nncn1C.I. The molecule has 6 nitrogen and oxygen atoms in total. The molecule has 0 bridgehead atoms. The number of hydrogen-bond acceptors (Lipinski definition) is 3. The van der Waals surface area contributed by atoms with Gasteiger partial charge in [0.05, 0.1) is 6.54 Å². The number of rotatable bonds is 4. The molecule has 2 aromatic rings. The van der Waals surface area contributed by atoms with Crippen LogP contribution in [0.1, 0.15) is 11.4 Å². The predicted molar refractivity (Wildman–Crippen MR) is 94.9 cm³/mol. The maximum absolute atomic E-state index is 5.85. The first-order chi connectivity index (χ1) is 9.69. The summed E-state index contributed by atoms with van der Waals surface area (Å²) in [4.78, 5) is 4.16. The Balaban J connectivity index is 0.00000220. The van der Waals surface area contributed by atoms with E-state index in [0.717, 1.165) is 16.4 Å². The summed E-state index contributed by atoms with van der Waals surface area (Å²) in [6, 6.07) is 7.69. The van der Waals surface area contributed by atoms with Gasteiger partial charge in [0.1, 0.15) is 6.33 Å². The van der Waals surface area contributed by atoms with Crippen LogP contribution in [0.5, 0.6) is 0 Å². The topological polar surface area (TPSA) is 67.1 Å². The van der Waals surface area contributed by atoms with Gasteiger partial charge in [0.25, 0.3) is 0 Å². The molecule has 0 fully saturated rings. The number of halogens is 2. The van der Waals surface area contributed by atoms with Crippen LogP contribution in [0.2, 0.25) is 5.02 Å². The highest BCUT2D eigenvalue weighted by Crippen LogP contribution is 2.08. The van der Waals surface area contributed by atoms with Gasteiger partial charge in [-0.25, -0.2) is 0 Å². The molecule has 2 rings (SSSR count). The highest BCUT2D eigenvalue weighted by Gasteiger charge is 2.02. The summed E-state index contributed by atoms with van der Waals surface area (Å²) >= 11 is 5.85. The van der Waals surface area contributed by atoms with E-state index in [1.165, 1.54) is 0 Å². The summed E-state index contributed by atoms with van der Waals surface area (Å²) in [6.45, 7) is 1.24. The Morgan fingerprint density at radius 3 is 2.48 bits per heavy atom. The average molecular weight is 421 g/mol. The third-order valence-corrected chi connectivity index (χ3v) is 3.07. The second-order valence-electron chi connectivity index (χ2n) is 4.26. The molecule has 114 valence electrons. The van der Waals surface area contributed by atoms with E-state index in [4.69, 9.17) is 11.6 Å². The van der Waals surface area contributed by atoms with E-state index in [-0.39, 0.29) is 24.0 Å². The fraction of sp³-hybridized carbons (Fsp3) is 0.308. The molecule has 1 aromatic heterocycles. The second kappa shape index (κ2) is 8.83. The number of guanidine groups is 1. The van der Waals surface area contributed by atoms with Gasteiger partial charge < -0.3 is 15.2 Å². The lowest BCUT2D eigenvalue weighted by Crippen LogP contribution is -2.36. The molecule has 0 aliphatic heterocycles. The Hall–Kier alpha value is -1.35. The summed E-state index contributed by atoms with van der Waals surface area (Å²) in [5.41, 5.74) is 1.14. The molecule has 2 N–H and O–H groups in total. The lowest BCUT2D eigenvalue weighted by molar-refractivity contribution is 0.725. The molecule has 0 atom stereocenters. The number of nitrogens with one attached hydrogen (secondary N) is 2. The molecule has 8 heteroatoms. The first kappa shape index (κ1) is 17.7.